The summed E-state index contributed by atoms with van der Waals surface area (Å²) in [5.74, 6) is 0.623. The molecule has 2 aliphatic carbocycles. The molecule has 2 bridgehead atoms. The van der Waals surface area contributed by atoms with Gasteiger partial charge in [0.1, 0.15) is 0 Å². The first-order chi connectivity index (χ1) is 9.91. The average molecular weight is 285 g/mol. The van der Waals surface area contributed by atoms with Crippen LogP contribution in [0.25, 0.3) is 0 Å². The lowest BCUT2D eigenvalue weighted by Crippen LogP contribution is -2.32. The number of anilines is 1. The van der Waals surface area contributed by atoms with E-state index in [0.717, 1.165) is 24.1 Å². The summed E-state index contributed by atoms with van der Waals surface area (Å²) < 4.78 is 0. The van der Waals surface area contributed by atoms with Gasteiger partial charge in [0, 0.05) is 17.2 Å². The van der Waals surface area contributed by atoms with Crippen molar-refractivity contribution in [3.63, 3.8) is 0 Å². The SMILES string of the molecule is CON(/C=C1\C(=O)[C@@]2(C)CC[C@@H]1C2(C)C)c1ccccc1. The minimum absolute atomic E-state index is 0.0337. The van der Waals surface area contributed by atoms with Crippen molar-refractivity contribution in [1.82, 2.24) is 0 Å². The summed E-state index contributed by atoms with van der Waals surface area (Å²) >= 11 is 0. The number of carbonyl (C=O) groups excluding carboxylic acids is 1. The van der Waals surface area contributed by atoms with Crippen LogP contribution in [0.2, 0.25) is 0 Å². The second-order valence-corrected chi connectivity index (χ2v) is 6.90. The lowest BCUT2D eigenvalue weighted by atomic mass is 9.70. The van der Waals surface area contributed by atoms with Gasteiger partial charge in [0.05, 0.1) is 12.8 Å². The summed E-state index contributed by atoms with van der Waals surface area (Å²) in [7, 11) is 1.63. The maximum absolute atomic E-state index is 12.8. The van der Waals surface area contributed by atoms with E-state index in [1.807, 2.05) is 36.5 Å². The molecule has 2 fully saturated rings. The number of benzene rings is 1. The van der Waals surface area contributed by atoms with E-state index in [1.54, 1.807) is 12.2 Å². The molecule has 0 aromatic heterocycles. The Morgan fingerprint density at radius 3 is 2.43 bits per heavy atom. The number of fused-ring (bicyclic) bond motifs is 2. The molecule has 2 aliphatic rings. The average Bonchev–Trinajstić information content (AvgIpc) is 2.79. The number of carbonyl (C=O) groups is 1. The molecule has 0 amide bonds. The van der Waals surface area contributed by atoms with Crippen LogP contribution in [0.15, 0.2) is 42.1 Å². The summed E-state index contributed by atoms with van der Waals surface area (Å²) in [6.07, 6.45) is 3.99. The van der Waals surface area contributed by atoms with Gasteiger partial charge in [0.2, 0.25) is 0 Å². The number of hydroxylamine groups is 1. The minimum Gasteiger partial charge on any atom is -0.294 e. The van der Waals surface area contributed by atoms with Gasteiger partial charge in [0.15, 0.2) is 5.78 Å². The molecule has 2 saturated carbocycles. The van der Waals surface area contributed by atoms with Crippen molar-refractivity contribution in [3.05, 3.63) is 42.1 Å². The van der Waals surface area contributed by atoms with Crippen LogP contribution in [-0.2, 0) is 9.63 Å². The Kier molecular flexibility index (Phi) is 3.21. The monoisotopic (exact) mass is 285 g/mol. The smallest absolute Gasteiger partial charge is 0.167 e. The van der Waals surface area contributed by atoms with Crippen molar-refractivity contribution in [2.24, 2.45) is 16.7 Å². The number of allylic oxidation sites excluding steroid dienone is 1. The number of Topliss-reactive ketones (excluding diaryl/α,β-unsaturated/α-hetero) is 1. The fourth-order valence-corrected chi connectivity index (χ4v) is 4.01. The second kappa shape index (κ2) is 4.70. The van der Waals surface area contributed by atoms with Crippen LogP contribution >= 0.6 is 0 Å². The Balaban J connectivity index is 1.99. The van der Waals surface area contributed by atoms with E-state index >= 15 is 0 Å². The van der Waals surface area contributed by atoms with Crippen molar-refractivity contribution in [2.45, 2.75) is 33.6 Å². The lowest BCUT2D eigenvalue weighted by Gasteiger charge is -2.31. The molecule has 0 N–H and O–H groups in total. The van der Waals surface area contributed by atoms with E-state index in [-0.39, 0.29) is 10.8 Å². The summed E-state index contributed by atoms with van der Waals surface area (Å²) in [5.41, 5.74) is 1.66. The molecule has 21 heavy (non-hydrogen) atoms. The van der Waals surface area contributed by atoms with E-state index in [9.17, 15) is 4.79 Å². The Morgan fingerprint density at radius 1 is 1.24 bits per heavy atom. The predicted octanol–water partition coefficient (Wildman–Crippen LogP) is 3.96. The van der Waals surface area contributed by atoms with Gasteiger partial charge in [-0.15, -0.1) is 0 Å². The molecular weight excluding hydrogens is 262 g/mol. The molecule has 0 radical (unpaired) electrons. The first-order valence-electron chi connectivity index (χ1n) is 7.57. The highest BCUT2D eigenvalue weighted by Crippen LogP contribution is 2.65. The molecule has 2 atom stereocenters. The van der Waals surface area contributed by atoms with E-state index in [1.165, 1.54) is 0 Å². The Bertz CT molecular complexity index is 590. The fraction of sp³-hybridized carbons (Fsp3) is 0.500. The fourth-order valence-electron chi connectivity index (χ4n) is 4.01. The van der Waals surface area contributed by atoms with Gasteiger partial charge >= 0.3 is 0 Å². The Hall–Kier alpha value is -1.61. The highest BCUT2D eigenvalue weighted by atomic mass is 16.7. The number of hydrogen-bond donors (Lipinski definition) is 0. The first kappa shape index (κ1) is 14.3. The van der Waals surface area contributed by atoms with Gasteiger partial charge in [-0.25, -0.2) is 5.06 Å². The number of hydrogen-bond acceptors (Lipinski definition) is 3. The number of para-hydroxylation sites is 1. The molecule has 3 heteroatoms. The Labute approximate surface area is 126 Å². The van der Waals surface area contributed by atoms with Crippen LogP contribution in [0.4, 0.5) is 5.69 Å². The third kappa shape index (κ3) is 1.87. The van der Waals surface area contributed by atoms with Crippen molar-refractivity contribution in [1.29, 1.82) is 0 Å². The van der Waals surface area contributed by atoms with Gasteiger partial charge in [0.25, 0.3) is 0 Å². The van der Waals surface area contributed by atoms with Crippen molar-refractivity contribution < 1.29 is 9.63 Å². The van der Waals surface area contributed by atoms with Crippen molar-refractivity contribution in [2.75, 3.05) is 12.2 Å². The van der Waals surface area contributed by atoms with Crippen LogP contribution < -0.4 is 5.06 Å². The Morgan fingerprint density at radius 2 is 1.90 bits per heavy atom. The van der Waals surface area contributed by atoms with Gasteiger partial charge in [-0.2, -0.15) is 0 Å². The van der Waals surface area contributed by atoms with Gasteiger partial charge in [-0.1, -0.05) is 39.0 Å². The molecule has 112 valence electrons. The topological polar surface area (TPSA) is 29.5 Å². The van der Waals surface area contributed by atoms with Crippen LogP contribution in [-0.4, -0.2) is 12.9 Å². The highest BCUT2D eigenvalue weighted by molar-refractivity contribution is 6.04. The van der Waals surface area contributed by atoms with E-state index in [4.69, 9.17) is 4.84 Å². The summed E-state index contributed by atoms with van der Waals surface area (Å²) in [6.45, 7) is 6.57. The van der Waals surface area contributed by atoms with E-state index in [0.29, 0.717) is 11.7 Å². The maximum Gasteiger partial charge on any atom is 0.167 e. The van der Waals surface area contributed by atoms with Gasteiger partial charge in [-0.3, -0.25) is 9.63 Å². The third-order valence-corrected chi connectivity index (χ3v) is 5.83. The number of ketones is 1. The van der Waals surface area contributed by atoms with E-state index in [2.05, 4.69) is 20.8 Å². The minimum atomic E-state index is -0.223. The van der Waals surface area contributed by atoms with Crippen LogP contribution in [0.3, 0.4) is 0 Å². The highest BCUT2D eigenvalue weighted by Gasteiger charge is 2.64. The zero-order valence-corrected chi connectivity index (χ0v) is 13.2. The second-order valence-electron chi connectivity index (χ2n) is 6.90. The third-order valence-electron chi connectivity index (χ3n) is 5.83. The molecule has 1 aromatic rings. The molecule has 0 aliphatic heterocycles. The lowest BCUT2D eigenvalue weighted by molar-refractivity contribution is -0.125. The van der Waals surface area contributed by atoms with Crippen LogP contribution in [0.1, 0.15) is 33.6 Å². The molecular formula is C18H23NO2. The summed E-state index contributed by atoms with van der Waals surface area (Å²) in [6, 6.07) is 9.86. The van der Waals surface area contributed by atoms with Gasteiger partial charge < -0.3 is 0 Å². The largest absolute Gasteiger partial charge is 0.294 e. The maximum atomic E-state index is 12.8. The quantitative estimate of drug-likeness (QED) is 0.622. The summed E-state index contributed by atoms with van der Waals surface area (Å²) in [5, 5.41) is 1.70. The molecule has 0 heterocycles. The number of nitrogens with zero attached hydrogens (tertiary/aromatic N) is 1. The number of rotatable bonds is 3. The molecule has 3 rings (SSSR count). The van der Waals surface area contributed by atoms with Gasteiger partial charge in [-0.05, 0) is 36.3 Å². The zero-order chi connectivity index (χ0) is 15.3. The zero-order valence-electron chi connectivity index (χ0n) is 13.2. The molecule has 0 spiro atoms. The predicted molar refractivity (Wildman–Crippen MR) is 83.6 cm³/mol. The molecule has 3 nitrogen and oxygen atoms in total. The first-order valence-corrected chi connectivity index (χ1v) is 7.57. The van der Waals surface area contributed by atoms with Crippen LogP contribution in [0, 0.1) is 16.7 Å². The summed E-state index contributed by atoms with van der Waals surface area (Å²) in [4.78, 5) is 18.3. The normalized spacial score (nSPS) is 31.9. The standard InChI is InChI=1S/C18H23NO2/c1-17(2)15-10-11-18(17,3)16(20)14(15)12-19(21-4)13-8-6-5-7-9-13/h5-9,12,15H,10-11H2,1-4H3/b14-12-/t15-,18+/m0/s1. The van der Waals surface area contributed by atoms with E-state index < -0.39 is 0 Å². The van der Waals surface area contributed by atoms with Crippen molar-refractivity contribution in [3.8, 4) is 0 Å². The molecule has 0 saturated heterocycles. The molecule has 1 aromatic carbocycles. The van der Waals surface area contributed by atoms with Crippen LogP contribution in [0.5, 0.6) is 0 Å². The molecule has 0 unspecified atom stereocenters. The van der Waals surface area contributed by atoms with Crippen molar-refractivity contribution >= 4 is 11.5 Å².